The minimum Gasteiger partial charge on any atom is -0.369 e. The third kappa shape index (κ3) is 5.99. The van der Waals surface area contributed by atoms with Crippen LogP contribution in [0.25, 0.3) is 0 Å². The van der Waals surface area contributed by atoms with Gasteiger partial charge in [-0.25, -0.2) is 4.39 Å². The van der Waals surface area contributed by atoms with E-state index in [0.717, 1.165) is 5.69 Å². The lowest BCUT2D eigenvalue weighted by molar-refractivity contribution is -0.126. The van der Waals surface area contributed by atoms with E-state index in [2.05, 4.69) is 17.0 Å². The van der Waals surface area contributed by atoms with Crippen LogP contribution in [0.4, 0.5) is 4.39 Å². The number of rotatable bonds is 7. The number of aryl methyl sites for hydroxylation is 1. The van der Waals surface area contributed by atoms with Crippen molar-refractivity contribution < 1.29 is 13.7 Å². The number of aromatic nitrogens is 1. The zero-order valence-electron chi connectivity index (χ0n) is 12.9. The Hall–Kier alpha value is -1.83. The van der Waals surface area contributed by atoms with Crippen LogP contribution in [0.1, 0.15) is 57.9 Å². The molecule has 0 bridgehead atoms. The summed E-state index contributed by atoms with van der Waals surface area (Å²) in [6.07, 6.45) is 1.87. The highest BCUT2D eigenvalue weighted by Crippen LogP contribution is 2.22. The highest BCUT2D eigenvalue weighted by atomic mass is 19.1. The Balaban J connectivity index is 2.47. The number of nitrogens with two attached hydrogens (primary N) is 1. The Labute approximate surface area is 125 Å². The quantitative estimate of drug-likeness (QED) is 0.786. The summed E-state index contributed by atoms with van der Waals surface area (Å²) in [7, 11) is 0. The molecule has 2 N–H and O–H groups in total. The number of hydrogen-bond acceptors (Lipinski definition) is 3. The summed E-state index contributed by atoms with van der Waals surface area (Å²) in [5.41, 5.74) is 5.49. The lowest BCUT2D eigenvalue weighted by atomic mass is 9.86. The summed E-state index contributed by atoms with van der Waals surface area (Å²) < 4.78 is 18.1. The van der Waals surface area contributed by atoms with E-state index in [1.807, 2.05) is 6.92 Å². The van der Waals surface area contributed by atoms with Crippen LogP contribution >= 0.6 is 0 Å². The van der Waals surface area contributed by atoms with Gasteiger partial charge in [-0.3, -0.25) is 4.79 Å². The van der Waals surface area contributed by atoms with Gasteiger partial charge in [-0.1, -0.05) is 31.8 Å². The topological polar surface area (TPSA) is 69.1 Å². The number of primary amides is 1. The summed E-state index contributed by atoms with van der Waals surface area (Å²) in [6.45, 7) is 5.42. The van der Waals surface area contributed by atoms with E-state index in [9.17, 15) is 9.18 Å². The van der Waals surface area contributed by atoms with Gasteiger partial charge in [0.05, 0.1) is 5.69 Å². The fourth-order valence-corrected chi connectivity index (χ4v) is 1.63. The predicted octanol–water partition coefficient (Wildman–Crippen LogP) is 3.00. The smallest absolute Gasteiger partial charge is 0.223 e. The molecule has 4 nitrogen and oxygen atoms in total. The Morgan fingerprint density at radius 1 is 1.57 bits per heavy atom. The molecule has 1 heterocycles. The van der Waals surface area contributed by atoms with Crippen molar-refractivity contribution in [3.8, 4) is 11.8 Å². The third-order valence-electron chi connectivity index (χ3n) is 3.47. The van der Waals surface area contributed by atoms with Crippen LogP contribution in [0.3, 0.4) is 0 Å². The molecule has 5 heteroatoms. The third-order valence-corrected chi connectivity index (χ3v) is 3.47. The molecule has 0 saturated carbocycles. The van der Waals surface area contributed by atoms with Crippen molar-refractivity contribution in [1.29, 1.82) is 0 Å². The molecule has 116 valence electrons. The molecule has 0 aliphatic carbocycles. The Morgan fingerprint density at radius 2 is 2.29 bits per heavy atom. The van der Waals surface area contributed by atoms with Crippen LogP contribution in [0.5, 0.6) is 0 Å². The molecule has 0 spiro atoms. The number of alkyl halides is 1. The highest BCUT2D eigenvalue weighted by molar-refractivity contribution is 5.79. The Kier molecular flexibility index (Phi) is 6.41. The minimum atomic E-state index is -0.791. The second-order valence-electron chi connectivity index (χ2n) is 5.78. The summed E-state index contributed by atoms with van der Waals surface area (Å²) in [6, 6.07) is 1.75. The molecule has 1 amide bonds. The van der Waals surface area contributed by atoms with Gasteiger partial charge in [-0.2, -0.15) is 0 Å². The van der Waals surface area contributed by atoms with E-state index in [0.29, 0.717) is 37.9 Å². The van der Waals surface area contributed by atoms with Gasteiger partial charge in [0.15, 0.2) is 0 Å². The number of amides is 1. The maximum atomic E-state index is 13.0. The zero-order valence-corrected chi connectivity index (χ0v) is 12.9. The fourth-order valence-electron chi connectivity index (χ4n) is 1.63. The average Bonchev–Trinajstić information content (AvgIpc) is 2.89. The fraction of sp³-hybridized carbons (Fsp3) is 0.625. The largest absolute Gasteiger partial charge is 0.369 e. The van der Waals surface area contributed by atoms with E-state index in [1.54, 1.807) is 19.9 Å². The summed E-state index contributed by atoms with van der Waals surface area (Å²) in [5, 5.41) is 3.90. The molecule has 1 unspecified atom stereocenters. The van der Waals surface area contributed by atoms with E-state index in [4.69, 9.17) is 10.3 Å². The van der Waals surface area contributed by atoms with Crippen LogP contribution in [0, 0.1) is 17.3 Å². The second-order valence-corrected chi connectivity index (χ2v) is 5.78. The summed E-state index contributed by atoms with van der Waals surface area (Å²) >= 11 is 0. The van der Waals surface area contributed by atoms with Crippen LogP contribution in [0.2, 0.25) is 0 Å². The highest BCUT2D eigenvalue weighted by Gasteiger charge is 2.24. The number of hydrogen-bond donors (Lipinski definition) is 1. The van der Waals surface area contributed by atoms with Gasteiger partial charge in [0.2, 0.25) is 11.7 Å². The first-order valence-corrected chi connectivity index (χ1v) is 7.23. The predicted molar refractivity (Wildman–Crippen MR) is 79.1 cm³/mol. The summed E-state index contributed by atoms with van der Waals surface area (Å²) in [5.74, 6) is 5.84. The van der Waals surface area contributed by atoms with Crippen LogP contribution in [-0.4, -0.2) is 17.2 Å². The molecule has 1 aromatic rings. The normalized spacial score (nSPS) is 12.6. The maximum Gasteiger partial charge on any atom is 0.223 e. The van der Waals surface area contributed by atoms with Crippen molar-refractivity contribution in [3.63, 3.8) is 0 Å². The number of halogens is 1. The molecule has 0 saturated heterocycles. The molecule has 0 radical (unpaired) electrons. The first-order chi connectivity index (χ1) is 9.85. The SMILES string of the molecule is CCC(F)CCC#Cc1cc(CCC(C)(C)C(N)=O)no1. The molecule has 1 rings (SSSR count). The monoisotopic (exact) mass is 294 g/mol. The van der Waals surface area contributed by atoms with E-state index >= 15 is 0 Å². The van der Waals surface area contributed by atoms with Gasteiger partial charge in [-0.15, -0.1) is 0 Å². The molecular formula is C16H23FN2O2. The number of carbonyl (C=O) groups excluding carboxylic acids is 1. The molecule has 0 fully saturated rings. The molecule has 1 atom stereocenters. The van der Waals surface area contributed by atoms with E-state index in [-0.39, 0.29) is 5.91 Å². The van der Waals surface area contributed by atoms with Crippen molar-refractivity contribution in [2.24, 2.45) is 11.1 Å². The molecule has 21 heavy (non-hydrogen) atoms. The molecule has 0 aliphatic heterocycles. The summed E-state index contributed by atoms with van der Waals surface area (Å²) in [4.78, 5) is 11.2. The zero-order chi connectivity index (χ0) is 15.9. The standard InChI is InChI=1S/C16H23FN2O2/c1-4-12(17)7-5-6-8-14-11-13(19-21-14)9-10-16(2,3)15(18)20/h11-12H,4-5,7,9-10H2,1-3H3,(H2,18,20). The van der Waals surface area contributed by atoms with Crippen molar-refractivity contribution in [2.75, 3.05) is 0 Å². The molecule has 0 aliphatic rings. The van der Waals surface area contributed by atoms with Crippen LogP contribution in [0.15, 0.2) is 10.6 Å². The molecule has 1 aromatic heterocycles. The number of carbonyl (C=O) groups is 1. The average molecular weight is 294 g/mol. The van der Waals surface area contributed by atoms with E-state index < -0.39 is 11.6 Å². The lowest BCUT2D eigenvalue weighted by Crippen LogP contribution is -2.31. The lowest BCUT2D eigenvalue weighted by Gasteiger charge is -2.18. The van der Waals surface area contributed by atoms with Crippen LogP contribution < -0.4 is 5.73 Å². The van der Waals surface area contributed by atoms with E-state index in [1.165, 1.54) is 0 Å². The van der Waals surface area contributed by atoms with Gasteiger partial charge >= 0.3 is 0 Å². The minimum absolute atomic E-state index is 0.331. The second kappa shape index (κ2) is 7.82. The number of nitrogens with zero attached hydrogens (tertiary/aromatic N) is 1. The first-order valence-electron chi connectivity index (χ1n) is 7.23. The molecule has 0 aromatic carbocycles. The molecular weight excluding hydrogens is 271 g/mol. The maximum absolute atomic E-state index is 13.0. The van der Waals surface area contributed by atoms with Crippen molar-refractivity contribution in [2.45, 2.75) is 59.0 Å². The van der Waals surface area contributed by atoms with Crippen molar-refractivity contribution in [1.82, 2.24) is 5.16 Å². The van der Waals surface area contributed by atoms with Gasteiger partial charge in [-0.05, 0) is 31.6 Å². The van der Waals surface area contributed by atoms with Crippen molar-refractivity contribution in [3.05, 3.63) is 17.5 Å². The van der Waals surface area contributed by atoms with Gasteiger partial charge in [0.25, 0.3) is 0 Å². The van der Waals surface area contributed by atoms with Crippen molar-refractivity contribution >= 4 is 5.91 Å². The van der Waals surface area contributed by atoms with Gasteiger partial charge < -0.3 is 10.3 Å². The van der Waals surface area contributed by atoms with Crippen LogP contribution in [-0.2, 0) is 11.2 Å². The Bertz CT molecular complexity index is 526. The van der Waals surface area contributed by atoms with Gasteiger partial charge in [0, 0.05) is 17.9 Å². The van der Waals surface area contributed by atoms with Gasteiger partial charge in [0.1, 0.15) is 6.17 Å². The Morgan fingerprint density at radius 3 is 2.90 bits per heavy atom. The first kappa shape index (κ1) is 17.2.